The third-order valence-electron chi connectivity index (χ3n) is 5.32. The molecule has 18 heavy (non-hydrogen) atoms. The third kappa shape index (κ3) is 1.79. The molecule has 2 aliphatic rings. The van der Waals surface area contributed by atoms with Gasteiger partial charge in [-0.05, 0) is 57.7 Å². The van der Waals surface area contributed by atoms with Crippen molar-refractivity contribution >= 4 is 0 Å². The Morgan fingerprint density at radius 3 is 2.72 bits per heavy atom. The summed E-state index contributed by atoms with van der Waals surface area (Å²) < 4.78 is 0. The summed E-state index contributed by atoms with van der Waals surface area (Å²) in [6.07, 6.45) is 6.62. The van der Waals surface area contributed by atoms with E-state index in [1.807, 2.05) is 0 Å². The van der Waals surface area contributed by atoms with Gasteiger partial charge in [0.05, 0.1) is 5.66 Å². The minimum Gasteiger partial charge on any atom is -0.302 e. The van der Waals surface area contributed by atoms with Crippen molar-refractivity contribution in [1.82, 2.24) is 10.2 Å². The second kappa shape index (κ2) is 4.67. The van der Waals surface area contributed by atoms with E-state index in [1.54, 1.807) is 0 Å². The minimum absolute atomic E-state index is 0.249. The van der Waals surface area contributed by atoms with Gasteiger partial charge in [0, 0.05) is 6.04 Å². The van der Waals surface area contributed by atoms with E-state index in [1.165, 1.54) is 37.7 Å². The molecule has 98 valence electrons. The van der Waals surface area contributed by atoms with Crippen LogP contribution in [0.15, 0.2) is 30.3 Å². The molecular formula is C16H24N2. The van der Waals surface area contributed by atoms with Gasteiger partial charge in [0.1, 0.15) is 0 Å². The first-order valence-corrected chi connectivity index (χ1v) is 7.22. The van der Waals surface area contributed by atoms with Crippen molar-refractivity contribution in [3.8, 4) is 0 Å². The molecule has 0 aromatic heterocycles. The Labute approximate surface area is 110 Å². The molecule has 1 unspecified atom stereocenters. The quantitative estimate of drug-likeness (QED) is 0.879. The number of benzene rings is 1. The first-order valence-electron chi connectivity index (χ1n) is 7.22. The largest absolute Gasteiger partial charge is 0.302 e. The van der Waals surface area contributed by atoms with Gasteiger partial charge < -0.3 is 5.32 Å². The summed E-state index contributed by atoms with van der Waals surface area (Å²) in [5, 5.41) is 3.65. The van der Waals surface area contributed by atoms with Gasteiger partial charge in [0.25, 0.3) is 0 Å². The van der Waals surface area contributed by atoms with Crippen LogP contribution in [0, 0.1) is 5.92 Å². The summed E-state index contributed by atoms with van der Waals surface area (Å²) in [6.45, 7) is 0. The van der Waals surface area contributed by atoms with Crippen LogP contribution in [0.2, 0.25) is 0 Å². The highest BCUT2D eigenvalue weighted by molar-refractivity contribution is 5.18. The third-order valence-corrected chi connectivity index (χ3v) is 5.32. The monoisotopic (exact) mass is 244 g/mol. The van der Waals surface area contributed by atoms with Crippen molar-refractivity contribution in [1.29, 1.82) is 0 Å². The van der Waals surface area contributed by atoms with Crippen LogP contribution in [0.4, 0.5) is 0 Å². The number of fused-ring (bicyclic) bond motifs is 2. The average molecular weight is 244 g/mol. The number of hydrogen-bond acceptors (Lipinski definition) is 2. The highest BCUT2D eigenvalue weighted by atomic mass is 15.4. The van der Waals surface area contributed by atoms with E-state index < -0.39 is 0 Å². The molecule has 0 saturated carbocycles. The summed E-state index contributed by atoms with van der Waals surface area (Å²) in [5.74, 6) is 0.744. The van der Waals surface area contributed by atoms with Crippen molar-refractivity contribution in [2.75, 3.05) is 14.1 Å². The molecule has 3 rings (SSSR count). The van der Waals surface area contributed by atoms with Gasteiger partial charge in [0.15, 0.2) is 0 Å². The summed E-state index contributed by atoms with van der Waals surface area (Å²) in [6, 6.07) is 11.8. The Balaban J connectivity index is 1.83. The number of piperidine rings is 1. The number of hydrogen-bond donors (Lipinski definition) is 1. The van der Waals surface area contributed by atoms with Gasteiger partial charge in [-0.2, -0.15) is 0 Å². The molecule has 0 radical (unpaired) electrons. The zero-order valence-electron chi connectivity index (χ0n) is 11.5. The molecule has 2 fully saturated rings. The van der Waals surface area contributed by atoms with Crippen LogP contribution >= 0.6 is 0 Å². The lowest BCUT2D eigenvalue weighted by Gasteiger charge is -2.48. The molecule has 2 heterocycles. The van der Waals surface area contributed by atoms with Crippen LogP contribution in [0.3, 0.4) is 0 Å². The molecule has 2 saturated heterocycles. The average Bonchev–Trinajstić information content (AvgIpc) is 2.62. The van der Waals surface area contributed by atoms with Crippen LogP contribution in [0.5, 0.6) is 0 Å². The SMILES string of the molecule is CN[C@@]12CC[C@@H](CCC1Cc1ccccc1)N2C. The Kier molecular flexibility index (Phi) is 3.16. The van der Waals surface area contributed by atoms with E-state index in [4.69, 9.17) is 0 Å². The molecule has 0 spiro atoms. The number of nitrogens with one attached hydrogen (secondary N) is 1. The van der Waals surface area contributed by atoms with E-state index in [0.717, 1.165) is 12.0 Å². The van der Waals surface area contributed by atoms with Gasteiger partial charge in [0.2, 0.25) is 0 Å². The zero-order valence-corrected chi connectivity index (χ0v) is 11.5. The van der Waals surface area contributed by atoms with Gasteiger partial charge in [-0.25, -0.2) is 0 Å². The molecule has 2 nitrogen and oxygen atoms in total. The second-order valence-electron chi connectivity index (χ2n) is 5.94. The van der Waals surface area contributed by atoms with Gasteiger partial charge >= 0.3 is 0 Å². The van der Waals surface area contributed by atoms with E-state index in [2.05, 4.69) is 54.6 Å². The topological polar surface area (TPSA) is 15.3 Å². The second-order valence-corrected chi connectivity index (χ2v) is 5.94. The summed E-state index contributed by atoms with van der Waals surface area (Å²) in [7, 11) is 4.45. The first kappa shape index (κ1) is 12.2. The van der Waals surface area contributed by atoms with Gasteiger partial charge in [-0.15, -0.1) is 0 Å². The fraction of sp³-hybridized carbons (Fsp3) is 0.625. The molecule has 1 aromatic carbocycles. The normalized spacial score (nSPS) is 35.9. The molecule has 3 atom stereocenters. The maximum Gasteiger partial charge on any atom is 0.0742 e. The highest BCUT2D eigenvalue weighted by Crippen LogP contribution is 2.45. The number of nitrogens with zero attached hydrogens (tertiary/aromatic N) is 1. The summed E-state index contributed by atoms with van der Waals surface area (Å²) >= 11 is 0. The molecule has 1 N–H and O–H groups in total. The molecule has 0 amide bonds. The highest BCUT2D eigenvalue weighted by Gasteiger charge is 2.51. The fourth-order valence-corrected chi connectivity index (χ4v) is 4.22. The Bertz CT molecular complexity index is 403. The lowest BCUT2D eigenvalue weighted by molar-refractivity contribution is 0.00292. The lowest BCUT2D eigenvalue weighted by Crippen LogP contribution is -2.61. The molecule has 0 aliphatic carbocycles. The van der Waals surface area contributed by atoms with Crippen molar-refractivity contribution in [3.05, 3.63) is 35.9 Å². The molecule has 2 aliphatic heterocycles. The van der Waals surface area contributed by atoms with Crippen LogP contribution in [-0.4, -0.2) is 30.7 Å². The Morgan fingerprint density at radius 1 is 1.22 bits per heavy atom. The van der Waals surface area contributed by atoms with Crippen LogP contribution in [0.1, 0.15) is 31.2 Å². The molecule has 1 aromatic rings. The Morgan fingerprint density at radius 2 is 2.00 bits per heavy atom. The molecule has 2 bridgehead atoms. The van der Waals surface area contributed by atoms with E-state index in [9.17, 15) is 0 Å². The van der Waals surface area contributed by atoms with Crippen molar-refractivity contribution in [2.24, 2.45) is 5.92 Å². The van der Waals surface area contributed by atoms with Gasteiger partial charge in [-0.3, -0.25) is 4.90 Å². The maximum atomic E-state index is 3.65. The zero-order chi connectivity index (χ0) is 12.6. The maximum absolute atomic E-state index is 3.65. The van der Waals surface area contributed by atoms with Crippen molar-refractivity contribution < 1.29 is 0 Å². The smallest absolute Gasteiger partial charge is 0.0742 e. The van der Waals surface area contributed by atoms with Crippen molar-refractivity contribution in [2.45, 2.75) is 43.8 Å². The lowest BCUT2D eigenvalue weighted by atomic mass is 9.80. The first-order chi connectivity index (χ1) is 8.76. The predicted molar refractivity (Wildman–Crippen MR) is 75.4 cm³/mol. The van der Waals surface area contributed by atoms with E-state index in [0.29, 0.717) is 0 Å². The molecular weight excluding hydrogens is 220 g/mol. The standard InChI is InChI=1S/C16H24N2/c1-17-16-11-10-15(18(16)2)9-8-14(16)12-13-6-4-3-5-7-13/h3-7,14-15,17H,8-12H2,1-2H3/t14?,15-,16-/m1/s1. The van der Waals surface area contributed by atoms with E-state index >= 15 is 0 Å². The van der Waals surface area contributed by atoms with Crippen LogP contribution < -0.4 is 5.32 Å². The predicted octanol–water partition coefficient (Wildman–Crippen LogP) is 2.65. The van der Waals surface area contributed by atoms with E-state index in [-0.39, 0.29) is 5.66 Å². The summed E-state index contributed by atoms with van der Waals surface area (Å²) in [4.78, 5) is 2.62. The van der Waals surface area contributed by atoms with Crippen LogP contribution in [-0.2, 0) is 6.42 Å². The minimum atomic E-state index is 0.249. The van der Waals surface area contributed by atoms with Gasteiger partial charge in [-0.1, -0.05) is 30.3 Å². The fourth-order valence-electron chi connectivity index (χ4n) is 4.22. The number of rotatable bonds is 3. The summed E-state index contributed by atoms with van der Waals surface area (Å²) in [5.41, 5.74) is 1.73. The Hall–Kier alpha value is -0.860. The molecule has 2 heteroatoms. The van der Waals surface area contributed by atoms with Crippen molar-refractivity contribution in [3.63, 3.8) is 0 Å². The van der Waals surface area contributed by atoms with Crippen LogP contribution in [0.25, 0.3) is 0 Å².